The lowest BCUT2D eigenvalue weighted by molar-refractivity contribution is 0.0815. The average molecular weight is 199 g/mol. The first-order valence-electron chi connectivity index (χ1n) is 4.54. The fraction of sp³-hybridized carbons (Fsp3) is 0.400. The first kappa shape index (κ1) is 9.24. The molecule has 0 spiro atoms. The average Bonchev–Trinajstić information content (AvgIpc) is 2.62. The molecule has 2 nitrogen and oxygen atoms in total. The van der Waals surface area contributed by atoms with Crippen molar-refractivity contribution >= 4 is 5.69 Å². The Hall–Kier alpha value is -1.32. The molecule has 1 aliphatic rings. The molecule has 0 aromatic heterocycles. The second-order valence-corrected chi connectivity index (χ2v) is 3.16. The highest BCUT2D eigenvalue weighted by molar-refractivity contribution is 5.61. The van der Waals surface area contributed by atoms with E-state index in [-0.39, 0.29) is 0 Å². The van der Waals surface area contributed by atoms with Crippen LogP contribution in [0.25, 0.3) is 0 Å². The van der Waals surface area contributed by atoms with E-state index in [1.165, 1.54) is 0 Å². The molecule has 14 heavy (non-hydrogen) atoms. The topological polar surface area (TPSA) is 21.3 Å². The zero-order chi connectivity index (χ0) is 9.97. The van der Waals surface area contributed by atoms with Crippen LogP contribution < -0.4 is 10.1 Å². The number of rotatable bonds is 3. The van der Waals surface area contributed by atoms with Crippen LogP contribution in [-0.2, 0) is 6.42 Å². The second-order valence-electron chi connectivity index (χ2n) is 3.16. The fourth-order valence-electron chi connectivity index (χ4n) is 1.60. The van der Waals surface area contributed by atoms with Crippen molar-refractivity contribution in [2.24, 2.45) is 0 Å². The number of hydrogen-bond acceptors (Lipinski definition) is 2. The van der Waals surface area contributed by atoms with Crippen LogP contribution in [0.4, 0.5) is 14.5 Å². The zero-order valence-electron chi connectivity index (χ0n) is 7.59. The second kappa shape index (κ2) is 3.82. The van der Waals surface area contributed by atoms with Gasteiger partial charge in [0.2, 0.25) is 0 Å². The molecule has 1 heterocycles. The molecule has 0 fully saturated rings. The molecular weight excluding hydrogens is 188 g/mol. The number of fused-ring (bicyclic) bond motifs is 1. The van der Waals surface area contributed by atoms with Crippen LogP contribution in [0.15, 0.2) is 18.2 Å². The Morgan fingerprint density at radius 3 is 3.07 bits per heavy atom. The van der Waals surface area contributed by atoms with Gasteiger partial charge in [0.1, 0.15) is 12.4 Å². The van der Waals surface area contributed by atoms with Crippen molar-refractivity contribution in [2.45, 2.75) is 12.8 Å². The van der Waals surface area contributed by atoms with E-state index in [1.807, 2.05) is 6.07 Å². The summed E-state index contributed by atoms with van der Waals surface area (Å²) >= 11 is 0. The minimum absolute atomic E-state index is 0.531. The summed E-state index contributed by atoms with van der Waals surface area (Å²) in [5.74, 6) is 0.577. The van der Waals surface area contributed by atoms with Gasteiger partial charge in [-0.3, -0.25) is 0 Å². The van der Waals surface area contributed by atoms with E-state index in [9.17, 15) is 8.78 Å². The third kappa shape index (κ3) is 1.78. The quantitative estimate of drug-likeness (QED) is 0.806. The van der Waals surface area contributed by atoms with Gasteiger partial charge < -0.3 is 10.1 Å². The molecule has 2 rings (SSSR count). The Labute approximate surface area is 80.9 Å². The molecule has 76 valence electrons. The van der Waals surface area contributed by atoms with Crippen molar-refractivity contribution in [3.63, 3.8) is 0 Å². The summed E-state index contributed by atoms with van der Waals surface area (Å²) in [6.07, 6.45) is -1.57. The van der Waals surface area contributed by atoms with E-state index in [0.717, 1.165) is 24.2 Å². The highest BCUT2D eigenvalue weighted by atomic mass is 19.3. The maximum atomic E-state index is 11.9. The SMILES string of the molecule is FC(F)COc1cccc2c1CCN2. The third-order valence-electron chi connectivity index (χ3n) is 2.19. The predicted octanol–water partition coefficient (Wildman–Crippen LogP) is 2.30. The predicted molar refractivity (Wildman–Crippen MR) is 50.1 cm³/mol. The van der Waals surface area contributed by atoms with Crippen molar-refractivity contribution in [1.29, 1.82) is 0 Å². The van der Waals surface area contributed by atoms with E-state index < -0.39 is 13.0 Å². The summed E-state index contributed by atoms with van der Waals surface area (Å²) in [5, 5.41) is 3.16. The number of benzene rings is 1. The van der Waals surface area contributed by atoms with Crippen molar-refractivity contribution in [3.05, 3.63) is 23.8 Å². The summed E-state index contributed by atoms with van der Waals surface area (Å²) in [6.45, 7) is 0.320. The molecule has 1 aromatic carbocycles. The number of nitrogens with one attached hydrogen (secondary N) is 1. The number of halogens is 2. The van der Waals surface area contributed by atoms with Crippen LogP contribution in [0, 0.1) is 0 Å². The molecule has 1 N–H and O–H groups in total. The van der Waals surface area contributed by atoms with Crippen molar-refractivity contribution in [2.75, 3.05) is 18.5 Å². The van der Waals surface area contributed by atoms with Gasteiger partial charge in [0, 0.05) is 17.8 Å². The fourth-order valence-corrected chi connectivity index (χ4v) is 1.60. The van der Waals surface area contributed by atoms with Crippen LogP contribution in [-0.4, -0.2) is 19.6 Å². The van der Waals surface area contributed by atoms with Crippen LogP contribution in [0.3, 0.4) is 0 Å². The first-order chi connectivity index (χ1) is 6.77. The number of hydrogen-bond donors (Lipinski definition) is 1. The van der Waals surface area contributed by atoms with Gasteiger partial charge in [-0.15, -0.1) is 0 Å². The Bertz CT molecular complexity index is 328. The van der Waals surface area contributed by atoms with E-state index in [1.54, 1.807) is 12.1 Å². The van der Waals surface area contributed by atoms with Gasteiger partial charge in [-0.05, 0) is 18.6 Å². The molecule has 0 amide bonds. The maximum absolute atomic E-state index is 11.9. The van der Waals surface area contributed by atoms with Crippen LogP contribution in [0.2, 0.25) is 0 Å². The lowest BCUT2D eigenvalue weighted by Gasteiger charge is -2.09. The molecule has 1 aliphatic heterocycles. The van der Waals surface area contributed by atoms with Gasteiger partial charge in [-0.25, -0.2) is 8.78 Å². The molecule has 0 saturated heterocycles. The summed E-state index contributed by atoms with van der Waals surface area (Å²) < 4.78 is 28.9. The summed E-state index contributed by atoms with van der Waals surface area (Å²) in [5.41, 5.74) is 2.00. The van der Waals surface area contributed by atoms with Crippen molar-refractivity contribution < 1.29 is 13.5 Å². The van der Waals surface area contributed by atoms with Crippen molar-refractivity contribution in [3.8, 4) is 5.75 Å². The minimum Gasteiger partial charge on any atom is -0.487 e. The van der Waals surface area contributed by atoms with Gasteiger partial charge in [-0.1, -0.05) is 6.07 Å². The van der Waals surface area contributed by atoms with Crippen LogP contribution in [0.1, 0.15) is 5.56 Å². The van der Waals surface area contributed by atoms with Gasteiger partial charge in [0.05, 0.1) is 0 Å². The maximum Gasteiger partial charge on any atom is 0.272 e. The van der Waals surface area contributed by atoms with E-state index in [2.05, 4.69) is 5.32 Å². The number of alkyl halides is 2. The van der Waals surface area contributed by atoms with Gasteiger partial charge in [0.15, 0.2) is 0 Å². The van der Waals surface area contributed by atoms with E-state index in [0.29, 0.717) is 5.75 Å². The zero-order valence-corrected chi connectivity index (χ0v) is 7.59. The monoisotopic (exact) mass is 199 g/mol. The number of anilines is 1. The molecule has 0 atom stereocenters. The van der Waals surface area contributed by atoms with E-state index >= 15 is 0 Å². The van der Waals surface area contributed by atoms with Crippen molar-refractivity contribution in [1.82, 2.24) is 0 Å². The first-order valence-corrected chi connectivity index (χ1v) is 4.54. The molecule has 0 bridgehead atoms. The highest BCUT2D eigenvalue weighted by Crippen LogP contribution is 2.30. The molecule has 4 heteroatoms. The highest BCUT2D eigenvalue weighted by Gasteiger charge is 2.15. The Morgan fingerprint density at radius 2 is 2.29 bits per heavy atom. The molecule has 0 unspecified atom stereocenters. The smallest absolute Gasteiger partial charge is 0.272 e. The standard InChI is InChI=1S/C10H11F2NO/c11-10(12)6-14-9-3-1-2-8-7(9)4-5-13-8/h1-3,10,13H,4-6H2. The Balaban J connectivity index is 2.14. The summed E-state index contributed by atoms with van der Waals surface area (Å²) in [4.78, 5) is 0. The molecule has 0 radical (unpaired) electrons. The molecule has 0 saturated carbocycles. The van der Waals surface area contributed by atoms with Gasteiger partial charge in [0.25, 0.3) is 6.43 Å². The van der Waals surface area contributed by atoms with Gasteiger partial charge in [-0.2, -0.15) is 0 Å². The number of ether oxygens (including phenoxy) is 1. The molecule has 1 aromatic rings. The Morgan fingerprint density at radius 1 is 1.43 bits per heavy atom. The van der Waals surface area contributed by atoms with Gasteiger partial charge >= 0.3 is 0 Å². The summed E-state index contributed by atoms with van der Waals surface area (Å²) in [6, 6.07) is 5.46. The van der Waals surface area contributed by atoms with Crippen LogP contribution >= 0.6 is 0 Å². The molecule has 0 aliphatic carbocycles. The Kier molecular flexibility index (Phi) is 2.52. The van der Waals surface area contributed by atoms with E-state index in [4.69, 9.17) is 4.74 Å². The molecular formula is C10H11F2NO. The van der Waals surface area contributed by atoms with Crippen LogP contribution in [0.5, 0.6) is 5.75 Å². The lowest BCUT2D eigenvalue weighted by atomic mass is 10.1. The summed E-state index contributed by atoms with van der Waals surface area (Å²) in [7, 11) is 0. The minimum atomic E-state index is -2.42. The normalized spacial score (nSPS) is 13.9. The third-order valence-corrected chi connectivity index (χ3v) is 2.19. The largest absolute Gasteiger partial charge is 0.487 e. The lowest BCUT2D eigenvalue weighted by Crippen LogP contribution is -2.07.